The summed E-state index contributed by atoms with van der Waals surface area (Å²) in [7, 11) is 0. The SMILES string of the molecule is CCC(O)[C@@H]1C[C@@H](C)[C@H](N2C(=O)SC3C(=O)N=C(N)N=C32)O1. The fourth-order valence-electron chi connectivity index (χ4n) is 2.93. The Kier molecular flexibility index (Phi) is 3.96. The predicted octanol–water partition coefficient (Wildman–Crippen LogP) is 0.299. The molecule has 3 N–H and O–H groups in total. The third-order valence-electron chi connectivity index (χ3n) is 4.08. The Morgan fingerprint density at radius 1 is 1.50 bits per heavy atom. The molecule has 0 aliphatic carbocycles. The van der Waals surface area contributed by atoms with Crippen LogP contribution in [0.25, 0.3) is 0 Å². The van der Waals surface area contributed by atoms with Crippen LogP contribution >= 0.6 is 11.8 Å². The summed E-state index contributed by atoms with van der Waals surface area (Å²) in [6, 6.07) is 0. The highest BCUT2D eigenvalue weighted by Gasteiger charge is 2.51. The molecule has 9 heteroatoms. The van der Waals surface area contributed by atoms with Crippen LogP contribution < -0.4 is 5.73 Å². The van der Waals surface area contributed by atoms with Crippen molar-refractivity contribution in [3.63, 3.8) is 0 Å². The van der Waals surface area contributed by atoms with E-state index in [9.17, 15) is 14.7 Å². The van der Waals surface area contributed by atoms with Gasteiger partial charge in [0.2, 0.25) is 5.96 Å². The van der Waals surface area contributed by atoms with Gasteiger partial charge in [0.15, 0.2) is 5.25 Å². The molecule has 0 spiro atoms. The number of guanidine groups is 1. The molecule has 5 atom stereocenters. The summed E-state index contributed by atoms with van der Waals surface area (Å²) >= 11 is 0.874. The summed E-state index contributed by atoms with van der Waals surface area (Å²) in [5, 5.41) is 8.92. The number of aliphatic hydroxyl groups excluding tert-OH is 1. The summed E-state index contributed by atoms with van der Waals surface area (Å²) in [5.74, 6) is -0.310. The number of nitrogens with two attached hydrogens (primary N) is 1. The van der Waals surface area contributed by atoms with Gasteiger partial charge in [-0.3, -0.25) is 14.5 Å². The zero-order valence-corrected chi connectivity index (χ0v) is 13.1. The molecule has 8 nitrogen and oxygen atoms in total. The van der Waals surface area contributed by atoms with Crippen molar-refractivity contribution in [3.05, 3.63) is 0 Å². The van der Waals surface area contributed by atoms with Crippen molar-refractivity contribution in [2.45, 2.75) is 50.4 Å². The zero-order valence-electron chi connectivity index (χ0n) is 12.3. The van der Waals surface area contributed by atoms with Crippen LogP contribution in [0.5, 0.6) is 0 Å². The van der Waals surface area contributed by atoms with Crippen molar-refractivity contribution in [3.8, 4) is 0 Å². The minimum atomic E-state index is -0.745. The van der Waals surface area contributed by atoms with Gasteiger partial charge < -0.3 is 15.6 Å². The van der Waals surface area contributed by atoms with Gasteiger partial charge in [0.1, 0.15) is 12.1 Å². The molecule has 0 aromatic heterocycles. The summed E-state index contributed by atoms with van der Waals surface area (Å²) in [4.78, 5) is 33.2. The maximum Gasteiger partial charge on any atom is 0.290 e. The summed E-state index contributed by atoms with van der Waals surface area (Å²) in [6.45, 7) is 3.82. The Hall–Kier alpha value is -1.45. The second kappa shape index (κ2) is 5.64. The standard InChI is InChI=1S/C13H18N4O4S/c1-3-6(18)7-4-5(2)11(21-7)17-9-8(22-13(17)20)10(19)16-12(14)15-9/h5-8,11,18H,3-4H2,1-2H3,(H2,14,16,19)/t5-,6?,7+,8?,11-/m1/s1. The molecule has 0 bridgehead atoms. The number of nitrogens with zero attached hydrogens (tertiary/aromatic N) is 3. The van der Waals surface area contributed by atoms with E-state index < -0.39 is 23.5 Å². The topological polar surface area (TPSA) is 118 Å². The van der Waals surface area contributed by atoms with Crippen LogP contribution in [0.15, 0.2) is 9.98 Å². The van der Waals surface area contributed by atoms with Crippen molar-refractivity contribution < 1.29 is 19.4 Å². The van der Waals surface area contributed by atoms with Gasteiger partial charge in [0, 0.05) is 5.92 Å². The summed E-state index contributed by atoms with van der Waals surface area (Å²) in [5.41, 5.74) is 5.53. The van der Waals surface area contributed by atoms with E-state index in [1.54, 1.807) is 0 Å². The molecule has 3 rings (SSSR count). The van der Waals surface area contributed by atoms with E-state index in [0.29, 0.717) is 12.8 Å². The highest BCUT2D eigenvalue weighted by atomic mass is 32.2. The first-order chi connectivity index (χ1) is 10.4. The smallest absolute Gasteiger partial charge is 0.290 e. The third-order valence-corrected chi connectivity index (χ3v) is 5.13. The van der Waals surface area contributed by atoms with E-state index in [2.05, 4.69) is 9.98 Å². The number of amidine groups is 1. The highest BCUT2D eigenvalue weighted by molar-refractivity contribution is 8.16. The van der Waals surface area contributed by atoms with Crippen molar-refractivity contribution in [1.29, 1.82) is 0 Å². The quantitative estimate of drug-likeness (QED) is 0.770. The van der Waals surface area contributed by atoms with E-state index in [0.717, 1.165) is 11.8 Å². The number of rotatable bonds is 3. The van der Waals surface area contributed by atoms with Gasteiger partial charge in [-0.05, 0) is 24.6 Å². The number of aliphatic imine (C=N–C) groups is 2. The van der Waals surface area contributed by atoms with Crippen LogP contribution in [0.4, 0.5) is 4.79 Å². The molecule has 22 heavy (non-hydrogen) atoms. The van der Waals surface area contributed by atoms with Crippen LogP contribution in [0.3, 0.4) is 0 Å². The van der Waals surface area contributed by atoms with Gasteiger partial charge in [0.25, 0.3) is 11.1 Å². The van der Waals surface area contributed by atoms with Crippen molar-refractivity contribution in [2.75, 3.05) is 0 Å². The van der Waals surface area contributed by atoms with Crippen LogP contribution in [0.1, 0.15) is 26.7 Å². The summed E-state index contributed by atoms with van der Waals surface area (Å²) in [6.07, 6.45) is -0.227. The van der Waals surface area contributed by atoms with E-state index in [1.807, 2.05) is 13.8 Å². The lowest BCUT2D eigenvalue weighted by Crippen LogP contribution is -2.46. The van der Waals surface area contributed by atoms with Gasteiger partial charge in [-0.1, -0.05) is 13.8 Å². The number of hydrogen-bond acceptors (Lipinski definition) is 7. The van der Waals surface area contributed by atoms with Gasteiger partial charge in [0.05, 0.1) is 12.2 Å². The molecule has 3 aliphatic rings. The van der Waals surface area contributed by atoms with Crippen LogP contribution in [-0.2, 0) is 9.53 Å². The number of ether oxygens (including phenoxy) is 1. The molecule has 2 fully saturated rings. The minimum Gasteiger partial charge on any atom is -0.390 e. The number of amides is 2. The Morgan fingerprint density at radius 2 is 2.23 bits per heavy atom. The molecular weight excluding hydrogens is 308 g/mol. The number of carbonyl (C=O) groups excluding carboxylic acids is 2. The molecule has 0 aromatic rings. The summed E-state index contributed by atoms with van der Waals surface area (Å²) < 4.78 is 5.87. The van der Waals surface area contributed by atoms with Crippen molar-refractivity contribution in [1.82, 2.24) is 4.90 Å². The van der Waals surface area contributed by atoms with E-state index in [1.165, 1.54) is 4.90 Å². The number of aliphatic hydroxyl groups is 1. The molecular formula is C13H18N4O4S. The average molecular weight is 326 g/mol. The van der Waals surface area contributed by atoms with Crippen LogP contribution in [0, 0.1) is 5.92 Å². The lowest BCUT2D eigenvalue weighted by atomic mass is 10.0. The number of fused-ring (bicyclic) bond motifs is 1. The first-order valence-electron chi connectivity index (χ1n) is 7.22. The molecule has 0 saturated carbocycles. The fraction of sp³-hybridized carbons (Fsp3) is 0.692. The molecule has 2 saturated heterocycles. The second-order valence-electron chi connectivity index (χ2n) is 5.67. The van der Waals surface area contributed by atoms with Crippen LogP contribution in [0.2, 0.25) is 0 Å². The van der Waals surface area contributed by atoms with Gasteiger partial charge >= 0.3 is 0 Å². The molecule has 3 heterocycles. The van der Waals surface area contributed by atoms with Crippen molar-refractivity contribution in [2.24, 2.45) is 21.6 Å². The molecule has 2 unspecified atom stereocenters. The fourth-order valence-corrected chi connectivity index (χ4v) is 3.87. The molecule has 2 amide bonds. The number of carbonyl (C=O) groups is 2. The first-order valence-corrected chi connectivity index (χ1v) is 8.10. The zero-order chi connectivity index (χ0) is 16.0. The van der Waals surface area contributed by atoms with E-state index in [-0.39, 0.29) is 29.1 Å². The minimum absolute atomic E-state index is 0.0207. The Balaban J connectivity index is 1.86. The number of thioether (sulfide) groups is 1. The maximum absolute atomic E-state index is 12.3. The third kappa shape index (κ3) is 2.42. The number of hydrogen-bond donors (Lipinski definition) is 2. The largest absolute Gasteiger partial charge is 0.390 e. The maximum atomic E-state index is 12.3. The Morgan fingerprint density at radius 3 is 2.91 bits per heavy atom. The first kappa shape index (κ1) is 15.4. The molecule has 3 aliphatic heterocycles. The predicted molar refractivity (Wildman–Crippen MR) is 81.4 cm³/mol. The highest BCUT2D eigenvalue weighted by Crippen LogP contribution is 2.39. The van der Waals surface area contributed by atoms with E-state index in [4.69, 9.17) is 10.5 Å². The van der Waals surface area contributed by atoms with E-state index >= 15 is 0 Å². The monoisotopic (exact) mass is 326 g/mol. The molecule has 0 aromatic carbocycles. The lowest BCUT2D eigenvalue weighted by Gasteiger charge is -2.28. The second-order valence-corrected chi connectivity index (χ2v) is 6.72. The molecule has 120 valence electrons. The van der Waals surface area contributed by atoms with Gasteiger partial charge in [-0.15, -0.1) is 0 Å². The average Bonchev–Trinajstić information content (AvgIpc) is 2.98. The van der Waals surface area contributed by atoms with Crippen molar-refractivity contribution >= 4 is 34.7 Å². The normalized spacial score (nSPS) is 36.2. The lowest BCUT2D eigenvalue weighted by molar-refractivity contribution is -0.116. The van der Waals surface area contributed by atoms with Gasteiger partial charge in [-0.25, -0.2) is 0 Å². The van der Waals surface area contributed by atoms with Crippen LogP contribution in [-0.4, -0.2) is 56.6 Å². The Bertz CT molecular complexity index is 578. The Labute approximate surface area is 131 Å². The van der Waals surface area contributed by atoms with Gasteiger partial charge in [-0.2, -0.15) is 9.98 Å². The molecule has 0 radical (unpaired) electrons.